The van der Waals surface area contributed by atoms with Gasteiger partial charge in [0.1, 0.15) is 23.9 Å². The van der Waals surface area contributed by atoms with Gasteiger partial charge in [-0.2, -0.15) is 0 Å². The second-order valence-electron chi connectivity index (χ2n) is 3.76. The van der Waals surface area contributed by atoms with Crippen molar-refractivity contribution in [3.63, 3.8) is 0 Å². The van der Waals surface area contributed by atoms with E-state index in [0.29, 0.717) is 44.3 Å². The summed E-state index contributed by atoms with van der Waals surface area (Å²) < 4.78 is 24.3. The van der Waals surface area contributed by atoms with Crippen molar-refractivity contribution in [1.29, 1.82) is 0 Å². The van der Waals surface area contributed by atoms with Crippen LogP contribution in [0.25, 0.3) is 0 Å². The number of anilines is 1. The minimum absolute atomic E-state index is 0.00800. The topological polar surface area (TPSA) is 41.9 Å². The number of halogens is 1. The summed E-state index contributed by atoms with van der Waals surface area (Å²) in [5.74, 6) is 0.308. The van der Waals surface area contributed by atoms with Gasteiger partial charge in [0, 0.05) is 6.54 Å². The maximum Gasteiger partial charge on any atom is 0.150 e. The zero-order chi connectivity index (χ0) is 12.1. The standard InChI is InChI=1S/C12H16FNO3/c13-10-2-1-3-11-12(10)14(5-8-17-11)4-7-16-9-6-15/h1-3,15H,4-9H2. The average Bonchev–Trinajstić information content (AvgIpc) is 2.35. The van der Waals surface area contributed by atoms with Crippen LogP contribution in [0.15, 0.2) is 18.2 Å². The van der Waals surface area contributed by atoms with Crippen LogP contribution in [0.3, 0.4) is 0 Å². The predicted octanol–water partition coefficient (Wildman–Crippen LogP) is 1.03. The van der Waals surface area contributed by atoms with Crippen LogP contribution in [-0.2, 0) is 4.74 Å². The third kappa shape index (κ3) is 2.87. The van der Waals surface area contributed by atoms with Crippen LogP contribution in [0, 0.1) is 5.82 Å². The fraction of sp³-hybridized carbons (Fsp3) is 0.500. The summed E-state index contributed by atoms with van der Waals surface area (Å²) in [4.78, 5) is 1.91. The van der Waals surface area contributed by atoms with E-state index in [9.17, 15) is 4.39 Å². The summed E-state index contributed by atoms with van der Waals surface area (Å²) in [6.45, 7) is 2.58. The Morgan fingerprint density at radius 3 is 3.12 bits per heavy atom. The van der Waals surface area contributed by atoms with E-state index in [1.165, 1.54) is 6.07 Å². The first-order chi connectivity index (χ1) is 8.33. The van der Waals surface area contributed by atoms with Crippen LogP contribution in [0.2, 0.25) is 0 Å². The fourth-order valence-corrected chi connectivity index (χ4v) is 1.86. The smallest absolute Gasteiger partial charge is 0.150 e. The highest BCUT2D eigenvalue weighted by atomic mass is 19.1. The molecule has 0 spiro atoms. The molecular formula is C12H16FNO3. The van der Waals surface area contributed by atoms with Crippen LogP contribution in [0.1, 0.15) is 0 Å². The lowest BCUT2D eigenvalue weighted by molar-refractivity contribution is 0.0958. The zero-order valence-electron chi connectivity index (χ0n) is 9.56. The molecule has 0 saturated carbocycles. The molecular weight excluding hydrogens is 225 g/mol. The highest BCUT2D eigenvalue weighted by Crippen LogP contribution is 2.33. The maximum absolute atomic E-state index is 13.7. The lowest BCUT2D eigenvalue weighted by Gasteiger charge is -2.31. The molecule has 1 aliphatic rings. The monoisotopic (exact) mass is 241 g/mol. The number of hydrogen-bond acceptors (Lipinski definition) is 4. The Morgan fingerprint density at radius 2 is 2.29 bits per heavy atom. The van der Waals surface area contributed by atoms with Crippen molar-refractivity contribution in [2.75, 3.05) is 44.4 Å². The molecule has 0 aromatic heterocycles. The number of fused-ring (bicyclic) bond motifs is 1. The average molecular weight is 241 g/mol. The summed E-state index contributed by atoms with van der Waals surface area (Å²) in [7, 11) is 0. The van der Waals surface area contributed by atoms with Gasteiger partial charge < -0.3 is 19.5 Å². The lowest BCUT2D eigenvalue weighted by atomic mass is 10.2. The van der Waals surface area contributed by atoms with Crippen LogP contribution < -0.4 is 9.64 Å². The van der Waals surface area contributed by atoms with Crippen molar-refractivity contribution in [1.82, 2.24) is 0 Å². The van der Waals surface area contributed by atoms with Gasteiger partial charge in [0.25, 0.3) is 0 Å². The molecule has 0 amide bonds. The molecule has 94 valence electrons. The second-order valence-corrected chi connectivity index (χ2v) is 3.76. The number of nitrogens with zero attached hydrogens (tertiary/aromatic N) is 1. The molecule has 2 rings (SSSR count). The van der Waals surface area contributed by atoms with E-state index < -0.39 is 0 Å². The van der Waals surface area contributed by atoms with Gasteiger partial charge in [-0.3, -0.25) is 0 Å². The Labute approximate surface area is 99.6 Å². The predicted molar refractivity (Wildman–Crippen MR) is 62.0 cm³/mol. The Balaban J connectivity index is 2.01. The van der Waals surface area contributed by atoms with Crippen LogP contribution >= 0.6 is 0 Å². The molecule has 4 nitrogen and oxygen atoms in total. The minimum atomic E-state index is -0.274. The molecule has 1 aromatic rings. The van der Waals surface area contributed by atoms with Gasteiger partial charge in [-0.05, 0) is 12.1 Å². The molecule has 0 unspecified atom stereocenters. The van der Waals surface area contributed by atoms with Gasteiger partial charge in [-0.15, -0.1) is 0 Å². The van der Waals surface area contributed by atoms with Crippen molar-refractivity contribution < 1.29 is 19.0 Å². The third-order valence-electron chi connectivity index (χ3n) is 2.63. The molecule has 1 aromatic carbocycles. The molecule has 0 saturated heterocycles. The largest absolute Gasteiger partial charge is 0.489 e. The number of ether oxygens (including phenoxy) is 2. The van der Waals surface area contributed by atoms with E-state index in [0.717, 1.165) is 0 Å². The molecule has 0 radical (unpaired) electrons. The van der Waals surface area contributed by atoms with Crippen LogP contribution in [0.4, 0.5) is 10.1 Å². The van der Waals surface area contributed by atoms with Gasteiger partial charge >= 0.3 is 0 Å². The van der Waals surface area contributed by atoms with Crippen LogP contribution in [-0.4, -0.2) is 44.6 Å². The first-order valence-electron chi connectivity index (χ1n) is 5.68. The Hall–Kier alpha value is -1.33. The number of aliphatic hydroxyl groups excluding tert-OH is 1. The fourth-order valence-electron chi connectivity index (χ4n) is 1.86. The molecule has 0 atom stereocenters. The molecule has 0 aliphatic carbocycles. The van der Waals surface area contributed by atoms with E-state index in [2.05, 4.69) is 0 Å². The maximum atomic E-state index is 13.7. The van der Waals surface area contributed by atoms with Crippen LogP contribution in [0.5, 0.6) is 5.75 Å². The highest BCUT2D eigenvalue weighted by molar-refractivity contribution is 5.60. The number of rotatable bonds is 5. The summed E-state index contributed by atoms with van der Waals surface area (Å²) in [6.07, 6.45) is 0. The van der Waals surface area contributed by atoms with Gasteiger partial charge in [0.15, 0.2) is 0 Å². The van der Waals surface area contributed by atoms with E-state index >= 15 is 0 Å². The quantitative estimate of drug-likeness (QED) is 0.782. The SMILES string of the molecule is OCCOCCN1CCOc2cccc(F)c21. The van der Waals surface area contributed by atoms with E-state index in [1.807, 2.05) is 4.90 Å². The number of benzene rings is 1. The molecule has 1 aliphatic heterocycles. The van der Waals surface area contributed by atoms with E-state index in [4.69, 9.17) is 14.6 Å². The van der Waals surface area contributed by atoms with Crippen molar-refractivity contribution in [2.45, 2.75) is 0 Å². The summed E-state index contributed by atoms with van der Waals surface area (Å²) in [5.41, 5.74) is 0.506. The molecule has 17 heavy (non-hydrogen) atoms. The number of aliphatic hydroxyl groups is 1. The molecule has 1 heterocycles. The van der Waals surface area contributed by atoms with Crippen molar-refractivity contribution in [2.24, 2.45) is 0 Å². The Morgan fingerprint density at radius 1 is 1.41 bits per heavy atom. The summed E-state index contributed by atoms with van der Waals surface area (Å²) in [6, 6.07) is 4.83. The van der Waals surface area contributed by atoms with Gasteiger partial charge in [0.2, 0.25) is 0 Å². The third-order valence-corrected chi connectivity index (χ3v) is 2.63. The molecule has 0 fully saturated rings. The number of para-hydroxylation sites is 1. The van der Waals surface area contributed by atoms with Crippen molar-refractivity contribution in [3.05, 3.63) is 24.0 Å². The van der Waals surface area contributed by atoms with E-state index in [1.54, 1.807) is 12.1 Å². The summed E-state index contributed by atoms with van der Waals surface area (Å²) >= 11 is 0. The normalized spacial score (nSPS) is 14.4. The Bertz CT molecular complexity index is 373. The molecule has 5 heteroatoms. The lowest BCUT2D eigenvalue weighted by Crippen LogP contribution is -2.36. The van der Waals surface area contributed by atoms with Gasteiger partial charge in [-0.25, -0.2) is 4.39 Å². The highest BCUT2D eigenvalue weighted by Gasteiger charge is 2.21. The first-order valence-corrected chi connectivity index (χ1v) is 5.68. The molecule has 0 bridgehead atoms. The first kappa shape index (κ1) is 12.1. The Kier molecular flexibility index (Phi) is 4.17. The van der Waals surface area contributed by atoms with Crippen molar-refractivity contribution >= 4 is 5.69 Å². The summed E-state index contributed by atoms with van der Waals surface area (Å²) in [5, 5.41) is 8.59. The van der Waals surface area contributed by atoms with Gasteiger partial charge in [-0.1, -0.05) is 6.07 Å². The second kappa shape index (κ2) is 5.84. The minimum Gasteiger partial charge on any atom is -0.489 e. The van der Waals surface area contributed by atoms with Gasteiger partial charge in [0.05, 0.1) is 26.4 Å². The van der Waals surface area contributed by atoms with Crippen molar-refractivity contribution in [3.8, 4) is 5.75 Å². The molecule has 1 N–H and O–H groups in total. The zero-order valence-corrected chi connectivity index (χ0v) is 9.56. The number of hydrogen-bond donors (Lipinski definition) is 1. The van der Waals surface area contributed by atoms with E-state index in [-0.39, 0.29) is 12.4 Å².